The van der Waals surface area contributed by atoms with E-state index in [1.807, 2.05) is 13.8 Å². The number of hydrogen-bond donors (Lipinski definition) is 1. The number of nitrogens with one attached hydrogen (secondary N) is 1. The largest absolute Gasteiger partial charge is 0.497 e. The highest BCUT2D eigenvalue weighted by molar-refractivity contribution is 6.34. The van der Waals surface area contributed by atoms with Gasteiger partial charge in [-0.05, 0) is 32.9 Å². The normalized spacial score (nSPS) is 11.7. The Kier molecular flexibility index (Phi) is 9.27. The first-order valence-corrected chi connectivity index (χ1v) is 10.3. The predicted octanol–water partition coefficient (Wildman–Crippen LogP) is 4.83. The van der Waals surface area contributed by atoms with Gasteiger partial charge >= 0.3 is 0 Å². The molecule has 1 atom stereocenters. The Bertz CT molecular complexity index is 996. The van der Waals surface area contributed by atoms with Crippen LogP contribution in [-0.4, -0.2) is 45.2 Å². The summed E-state index contributed by atoms with van der Waals surface area (Å²) in [5.41, 5.74) is 0.563. The van der Waals surface area contributed by atoms with Crippen LogP contribution in [0.15, 0.2) is 40.6 Å². The van der Waals surface area contributed by atoms with Gasteiger partial charge in [0.1, 0.15) is 17.2 Å². The molecule has 0 spiro atoms. The maximum atomic E-state index is 12.8. The zero-order valence-electron chi connectivity index (χ0n) is 18.6. The Hall–Kier alpha value is -3.33. The lowest BCUT2D eigenvalue weighted by atomic mass is 10.2. The maximum absolute atomic E-state index is 12.8. The minimum absolute atomic E-state index is 0.221. The Balaban J connectivity index is 2.31. The van der Waals surface area contributed by atoms with E-state index in [9.17, 15) is 9.59 Å². The molecule has 32 heavy (non-hydrogen) atoms. The third-order valence-corrected chi connectivity index (χ3v) is 4.50. The van der Waals surface area contributed by atoms with Crippen molar-refractivity contribution in [2.75, 3.05) is 32.8 Å². The average Bonchev–Trinajstić information content (AvgIpc) is 2.76. The third-order valence-electron chi connectivity index (χ3n) is 4.19. The molecule has 0 aromatic heterocycles. The molecule has 1 unspecified atom stereocenters. The van der Waals surface area contributed by atoms with E-state index >= 15 is 0 Å². The zero-order chi connectivity index (χ0) is 23.7. The van der Waals surface area contributed by atoms with Crippen LogP contribution in [0.2, 0.25) is 5.02 Å². The number of amides is 1. The quantitative estimate of drug-likeness (QED) is 0.377. The van der Waals surface area contributed by atoms with E-state index in [2.05, 4.69) is 15.5 Å². The predicted molar refractivity (Wildman–Crippen MR) is 121 cm³/mol. The summed E-state index contributed by atoms with van der Waals surface area (Å²) in [6.07, 6.45) is 0. The van der Waals surface area contributed by atoms with Gasteiger partial charge in [-0.15, -0.1) is 0 Å². The molecule has 2 aromatic rings. The van der Waals surface area contributed by atoms with Crippen molar-refractivity contribution in [1.29, 1.82) is 0 Å². The molecule has 0 bridgehead atoms. The van der Waals surface area contributed by atoms with Crippen molar-refractivity contribution in [2.24, 2.45) is 10.2 Å². The standard InChI is InChI=1S/C22H26ClN3O6/c1-6-31-19-11-15(23)16(12-20(19)32-7-2)24-22(28)21(13(3)27)26-25-17-10-14(29-4)8-9-18(17)30-5/h8-12,21H,6-7H2,1-5H3,(H,24,28). The van der Waals surface area contributed by atoms with Crippen LogP contribution in [0.25, 0.3) is 0 Å². The number of rotatable bonds is 11. The summed E-state index contributed by atoms with van der Waals surface area (Å²) in [5, 5.41) is 10.8. The second-order valence-corrected chi connectivity index (χ2v) is 6.81. The number of halogens is 1. The van der Waals surface area contributed by atoms with Crippen molar-refractivity contribution in [3.05, 3.63) is 35.4 Å². The lowest BCUT2D eigenvalue weighted by Crippen LogP contribution is -2.32. The molecule has 2 aromatic carbocycles. The molecule has 2 rings (SSSR count). The van der Waals surface area contributed by atoms with Gasteiger partial charge in [0, 0.05) is 18.2 Å². The van der Waals surface area contributed by atoms with Gasteiger partial charge in [0.05, 0.1) is 38.1 Å². The van der Waals surface area contributed by atoms with Gasteiger partial charge in [0.15, 0.2) is 17.3 Å². The number of Topliss-reactive ketones (excluding diaryl/α,β-unsaturated/α-hetero) is 1. The van der Waals surface area contributed by atoms with Gasteiger partial charge in [-0.3, -0.25) is 9.59 Å². The second kappa shape index (κ2) is 11.9. The number of carbonyl (C=O) groups is 2. The summed E-state index contributed by atoms with van der Waals surface area (Å²) in [6, 6.07) is 6.59. The van der Waals surface area contributed by atoms with E-state index in [0.717, 1.165) is 0 Å². The second-order valence-electron chi connectivity index (χ2n) is 6.40. The smallest absolute Gasteiger partial charge is 0.258 e. The Morgan fingerprint density at radius 2 is 1.66 bits per heavy atom. The highest BCUT2D eigenvalue weighted by atomic mass is 35.5. The fraction of sp³-hybridized carbons (Fsp3) is 0.364. The maximum Gasteiger partial charge on any atom is 0.258 e. The van der Waals surface area contributed by atoms with E-state index in [1.165, 1.54) is 33.3 Å². The first-order chi connectivity index (χ1) is 15.3. The van der Waals surface area contributed by atoms with E-state index in [0.29, 0.717) is 41.9 Å². The Morgan fingerprint density at radius 1 is 1.00 bits per heavy atom. The molecule has 0 radical (unpaired) electrons. The van der Waals surface area contributed by atoms with Crippen LogP contribution in [0.1, 0.15) is 20.8 Å². The number of methoxy groups -OCH3 is 2. The SMILES string of the molecule is CCOc1cc(Cl)c(NC(=O)C(N=Nc2cc(OC)ccc2OC)C(C)=O)cc1OCC. The first kappa shape index (κ1) is 24.9. The fourth-order valence-electron chi connectivity index (χ4n) is 2.68. The number of ether oxygens (including phenoxy) is 4. The van der Waals surface area contributed by atoms with Crippen LogP contribution in [-0.2, 0) is 9.59 Å². The van der Waals surface area contributed by atoms with Crippen LogP contribution in [0.3, 0.4) is 0 Å². The van der Waals surface area contributed by atoms with Gasteiger partial charge in [-0.25, -0.2) is 0 Å². The monoisotopic (exact) mass is 463 g/mol. The number of anilines is 1. The van der Waals surface area contributed by atoms with Crippen molar-refractivity contribution < 1.29 is 28.5 Å². The molecule has 0 aliphatic heterocycles. The lowest BCUT2D eigenvalue weighted by Gasteiger charge is -2.15. The molecule has 172 valence electrons. The van der Waals surface area contributed by atoms with Crippen LogP contribution in [0.5, 0.6) is 23.0 Å². The highest BCUT2D eigenvalue weighted by Crippen LogP contribution is 2.37. The van der Waals surface area contributed by atoms with Crippen LogP contribution >= 0.6 is 11.6 Å². The molecule has 0 aliphatic carbocycles. The first-order valence-electron chi connectivity index (χ1n) is 9.87. The van der Waals surface area contributed by atoms with Crippen molar-refractivity contribution in [3.8, 4) is 23.0 Å². The van der Waals surface area contributed by atoms with E-state index in [4.69, 9.17) is 30.5 Å². The van der Waals surface area contributed by atoms with Crippen LogP contribution in [0, 0.1) is 0 Å². The molecule has 0 heterocycles. The summed E-state index contributed by atoms with van der Waals surface area (Å²) >= 11 is 6.29. The molecule has 1 amide bonds. The van der Waals surface area contributed by atoms with Crippen molar-refractivity contribution >= 4 is 34.7 Å². The molecule has 0 fully saturated rings. The minimum Gasteiger partial charge on any atom is -0.497 e. The van der Waals surface area contributed by atoms with Gasteiger partial charge in [-0.1, -0.05) is 11.6 Å². The van der Waals surface area contributed by atoms with Crippen molar-refractivity contribution in [2.45, 2.75) is 26.8 Å². The Morgan fingerprint density at radius 3 is 2.22 bits per heavy atom. The molecule has 10 heteroatoms. The molecule has 9 nitrogen and oxygen atoms in total. The van der Waals surface area contributed by atoms with E-state index in [1.54, 1.807) is 18.2 Å². The number of carbonyl (C=O) groups excluding carboxylic acids is 2. The zero-order valence-corrected chi connectivity index (χ0v) is 19.4. The molecular formula is C22H26ClN3O6. The number of ketones is 1. The summed E-state index contributed by atoms with van der Waals surface area (Å²) < 4.78 is 21.5. The topological polar surface area (TPSA) is 108 Å². The van der Waals surface area contributed by atoms with Gasteiger partial charge in [0.2, 0.25) is 6.04 Å². The molecule has 0 saturated heterocycles. The number of hydrogen-bond acceptors (Lipinski definition) is 8. The number of nitrogens with zero attached hydrogens (tertiary/aromatic N) is 2. The summed E-state index contributed by atoms with van der Waals surface area (Å²) in [5.74, 6) is 0.597. The van der Waals surface area contributed by atoms with E-state index in [-0.39, 0.29) is 10.7 Å². The Labute approximate surface area is 191 Å². The van der Waals surface area contributed by atoms with E-state index < -0.39 is 17.7 Å². The highest BCUT2D eigenvalue weighted by Gasteiger charge is 2.25. The van der Waals surface area contributed by atoms with Gasteiger partial charge < -0.3 is 24.3 Å². The van der Waals surface area contributed by atoms with Crippen molar-refractivity contribution in [1.82, 2.24) is 0 Å². The van der Waals surface area contributed by atoms with Gasteiger partial charge in [0.25, 0.3) is 5.91 Å². The summed E-state index contributed by atoms with van der Waals surface area (Å²) in [4.78, 5) is 24.9. The summed E-state index contributed by atoms with van der Waals surface area (Å²) in [7, 11) is 2.98. The number of azo groups is 1. The third kappa shape index (κ3) is 6.34. The molecule has 0 aliphatic rings. The van der Waals surface area contributed by atoms with Crippen LogP contribution in [0.4, 0.5) is 11.4 Å². The van der Waals surface area contributed by atoms with Gasteiger partial charge in [-0.2, -0.15) is 10.2 Å². The van der Waals surface area contributed by atoms with Crippen LogP contribution < -0.4 is 24.3 Å². The lowest BCUT2D eigenvalue weighted by molar-refractivity contribution is -0.126. The molecular weight excluding hydrogens is 438 g/mol. The molecule has 1 N–H and O–H groups in total. The minimum atomic E-state index is -1.40. The number of benzene rings is 2. The molecule has 0 saturated carbocycles. The fourth-order valence-corrected chi connectivity index (χ4v) is 2.88. The summed E-state index contributed by atoms with van der Waals surface area (Å²) in [6.45, 7) is 5.71. The van der Waals surface area contributed by atoms with Crippen molar-refractivity contribution in [3.63, 3.8) is 0 Å². The average molecular weight is 464 g/mol.